The Morgan fingerprint density at radius 3 is 2.43 bits per heavy atom. The maximum atomic E-state index is 5.76. The van der Waals surface area contributed by atoms with Crippen LogP contribution in [0.4, 0.5) is 11.5 Å². The Balaban J connectivity index is 1.72. The van der Waals surface area contributed by atoms with E-state index >= 15 is 0 Å². The molecule has 1 fully saturated rings. The van der Waals surface area contributed by atoms with Crippen LogP contribution in [0.15, 0.2) is 48.7 Å². The number of benzene rings is 2. The molecule has 116 valence electrons. The lowest BCUT2D eigenvalue weighted by molar-refractivity contribution is 0.122. The normalized spacial score (nSPS) is 15.0. The van der Waals surface area contributed by atoms with Crippen molar-refractivity contribution in [2.24, 2.45) is 0 Å². The summed E-state index contributed by atoms with van der Waals surface area (Å²) in [5.41, 5.74) is 10.6. The van der Waals surface area contributed by atoms with E-state index in [0.29, 0.717) is 0 Å². The highest BCUT2D eigenvalue weighted by Crippen LogP contribution is 2.25. The summed E-state index contributed by atoms with van der Waals surface area (Å²) in [6, 6.07) is 14.0. The molecule has 1 aromatic heterocycles. The second kappa shape index (κ2) is 5.85. The van der Waals surface area contributed by atoms with Crippen molar-refractivity contribution in [2.75, 3.05) is 36.9 Å². The number of morpholine rings is 1. The van der Waals surface area contributed by atoms with Crippen LogP contribution in [0.25, 0.3) is 22.2 Å². The number of anilines is 2. The Hall–Kier alpha value is -2.66. The molecule has 23 heavy (non-hydrogen) atoms. The zero-order valence-electron chi connectivity index (χ0n) is 12.8. The van der Waals surface area contributed by atoms with Gasteiger partial charge in [0.15, 0.2) is 0 Å². The standard InChI is InChI=1S/C18H18N4O/c19-15-4-1-13(2-5-15)14-3-6-16-17(11-14)21-18(12-20-16)22-7-9-23-10-8-22/h1-6,11-12H,7-10,19H2. The van der Waals surface area contributed by atoms with Crippen molar-refractivity contribution in [1.29, 1.82) is 0 Å². The lowest BCUT2D eigenvalue weighted by atomic mass is 10.0. The van der Waals surface area contributed by atoms with Gasteiger partial charge in [0, 0.05) is 18.8 Å². The number of hydrogen-bond donors (Lipinski definition) is 1. The topological polar surface area (TPSA) is 64.3 Å². The lowest BCUT2D eigenvalue weighted by Gasteiger charge is -2.27. The SMILES string of the molecule is Nc1ccc(-c2ccc3ncc(N4CCOCC4)nc3c2)cc1. The number of rotatable bonds is 2. The van der Waals surface area contributed by atoms with Crippen molar-refractivity contribution in [3.8, 4) is 11.1 Å². The first-order valence-corrected chi connectivity index (χ1v) is 7.75. The van der Waals surface area contributed by atoms with Crippen LogP contribution in [0.5, 0.6) is 0 Å². The van der Waals surface area contributed by atoms with Gasteiger partial charge in [-0.25, -0.2) is 4.98 Å². The maximum Gasteiger partial charge on any atom is 0.148 e. The van der Waals surface area contributed by atoms with Crippen LogP contribution in [0, 0.1) is 0 Å². The predicted octanol–water partition coefficient (Wildman–Crippen LogP) is 2.72. The smallest absolute Gasteiger partial charge is 0.148 e. The van der Waals surface area contributed by atoms with E-state index in [-0.39, 0.29) is 0 Å². The first kappa shape index (κ1) is 14.0. The number of hydrogen-bond acceptors (Lipinski definition) is 5. The van der Waals surface area contributed by atoms with Gasteiger partial charge in [-0.15, -0.1) is 0 Å². The first-order chi connectivity index (χ1) is 11.3. The molecule has 0 atom stereocenters. The molecule has 0 bridgehead atoms. The van der Waals surface area contributed by atoms with Gasteiger partial charge in [0.2, 0.25) is 0 Å². The molecule has 1 aliphatic rings. The molecule has 0 unspecified atom stereocenters. The van der Waals surface area contributed by atoms with Gasteiger partial charge in [0.1, 0.15) is 5.82 Å². The second-order valence-electron chi connectivity index (χ2n) is 5.65. The molecule has 0 spiro atoms. The molecule has 2 heterocycles. The van der Waals surface area contributed by atoms with Crippen LogP contribution in [0.3, 0.4) is 0 Å². The summed E-state index contributed by atoms with van der Waals surface area (Å²) >= 11 is 0. The molecular weight excluding hydrogens is 288 g/mol. The van der Waals surface area contributed by atoms with E-state index in [2.05, 4.69) is 22.0 Å². The third kappa shape index (κ3) is 2.83. The summed E-state index contributed by atoms with van der Waals surface area (Å²) in [6.45, 7) is 3.20. The van der Waals surface area contributed by atoms with Gasteiger partial charge in [-0.1, -0.05) is 18.2 Å². The minimum atomic E-state index is 0.741. The largest absolute Gasteiger partial charge is 0.399 e. The molecule has 2 N–H and O–H groups in total. The van der Waals surface area contributed by atoms with E-state index in [1.807, 2.05) is 36.5 Å². The highest BCUT2D eigenvalue weighted by Gasteiger charge is 2.13. The molecule has 5 nitrogen and oxygen atoms in total. The Kier molecular flexibility index (Phi) is 3.55. The van der Waals surface area contributed by atoms with Crippen molar-refractivity contribution >= 4 is 22.5 Å². The molecule has 0 saturated carbocycles. The number of nitrogens with zero attached hydrogens (tertiary/aromatic N) is 3. The summed E-state index contributed by atoms with van der Waals surface area (Å²) in [7, 11) is 0. The van der Waals surface area contributed by atoms with Crippen molar-refractivity contribution in [3.05, 3.63) is 48.7 Å². The summed E-state index contributed by atoms with van der Waals surface area (Å²) in [4.78, 5) is 11.5. The van der Waals surface area contributed by atoms with Crippen LogP contribution >= 0.6 is 0 Å². The maximum absolute atomic E-state index is 5.76. The highest BCUT2D eigenvalue weighted by atomic mass is 16.5. The van der Waals surface area contributed by atoms with E-state index in [0.717, 1.165) is 60.0 Å². The van der Waals surface area contributed by atoms with Gasteiger partial charge in [0.25, 0.3) is 0 Å². The average Bonchev–Trinajstić information content (AvgIpc) is 2.62. The minimum absolute atomic E-state index is 0.741. The molecule has 0 amide bonds. The fraction of sp³-hybridized carbons (Fsp3) is 0.222. The van der Waals surface area contributed by atoms with Gasteiger partial charge in [0.05, 0.1) is 30.4 Å². The molecule has 4 rings (SSSR count). The van der Waals surface area contributed by atoms with Crippen LogP contribution in [0.1, 0.15) is 0 Å². The van der Waals surface area contributed by atoms with Gasteiger partial charge in [-0.2, -0.15) is 0 Å². The lowest BCUT2D eigenvalue weighted by Crippen LogP contribution is -2.36. The molecule has 3 aromatic rings. The van der Waals surface area contributed by atoms with E-state index in [4.69, 9.17) is 15.5 Å². The highest BCUT2D eigenvalue weighted by molar-refractivity contribution is 5.82. The van der Waals surface area contributed by atoms with Crippen molar-refractivity contribution in [2.45, 2.75) is 0 Å². The molecule has 1 saturated heterocycles. The van der Waals surface area contributed by atoms with Gasteiger partial charge in [-0.3, -0.25) is 4.98 Å². The predicted molar refractivity (Wildman–Crippen MR) is 92.4 cm³/mol. The molecular formula is C18H18N4O. The van der Waals surface area contributed by atoms with Gasteiger partial charge >= 0.3 is 0 Å². The van der Waals surface area contributed by atoms with Crippen molar-refractivity contribution < 1.29 is 4.74 Å². The number of aromatic nitrogens is 2. The molecule has 1 aliphatic heterocycles. The summed E-state index contributed by atoms with van der Waals surface area (Å²) in [5.74, 6) is 0.912. The van der Waals surface area contributed by atoms with E-state index in [9.17, 15) is 0 Å². The fourth-order valence-electron chi connectivity index (χ4n) is 2.80. The monoisotopic (exact) mass is 306 g/mol. The quantitative estimate of drug-likeness (QED) is 0.738. The molecule has 0 radical (unpaired) electrons. The van der Waals surface area contributed by atoms with Gasteiger partial charge in [-0.05, 0) is 35.4 Å². The van der Waals surface area contributed by atoms with E-state index in [1.54, 1.807) is 0 Å². The molecule has 5 heteroatoms. The zero-order chi connectivity index (χ0) is 15.6. The van der Waals surface area contributed by atoms with Crippen molar-refractivity contribution in [3.63, 3.8) is 0 Å². The molecule has 2 aromatic carbocycles. The summed E-state index contributed by atoms with van der Waals surface area (Å²) in [6.07, 6.45) is 1.84. The Morgan fingerprint density at radius 2 is 1.65 bits per heavy atom. The third-order valence-corrected chi connectivity index (χ3v) is 4.11. The minimum Gasteiger partial charge on any atom is -0.399 e. The van der Waals surface area contributed by atoms with E-state index in [1.165, 1.54) is 0 Å². The summed E-state index contributed by atoms with van der Waals surface area (Å²) in [5, 5.41) is 0. The second-order valence-corrected chi connectivity index (χ2v) is 5.65. The summed E-state index contributed by atoms with van der Waals surface area (Å²) < 4.78 is 5.40. The number of fused-ring (bicyclic) bond motifs is 1. The third-order valence-electron chi connectivity index (χ3n) is 4.11. The van der Waals surface area contributed by atoms with Crippen molar-refractivity contribution in [1.82, 2.24) is 9.97 Å². The van der Waals surface area contributed by atoms with Crippen LogP contribution < -0.4 is 10.6 Å². The number of nitrogens with two attached hydrogens (primary N) is 1. The van der Waals surface area contributed by atoms with Crippen LogP contribution in [-0.4, -0.2) is 36.3 Å². The Bertz CT molecular complexity index is 826. The number of ether oxygens (including phenoxy) is 1. The molecule has 0 aliphatic carbocycles. The Morgan fingerprint density at radius 1 is 0.913 bits per heavy atom. The van der Waals surface area contributed by atoms with E-state index < -0.39 is 0 Å². The Labute approximate surface area is 134 Å². The van der Waals surface area contributed by atoms with Crippen LogP contribution in [-0.2, 0) is 4.74 Å². The zero-order valence-corrected chi connectivity index (χ0v) is 12.8. The van der Waals surface area contributed by atoms with Gasteiger partial charge < -0.3 is 15.4 Å². The first-order valence-electron chi connectivity index (χ1n) is 7.75. The number of nitrogen functional groups attached to an aromatic ring is 1. The average molecular weight is 306 g/mol. The fourth-order valence-corrected chi connectivity index (χ4v) is 2.80. The van der Waals surface area contributed by atoms with Crippen LogP contribution in [0.2, 0.25) is 0 Å².